The van der Waals surface area contributed by atoms with E-state index >= 15 is 0 Å². The van der Waals surface area contributed by atoms with Gasteiger partial charge in [0.2, 0.25) is 11.9 Å². The number of carbonyl (C=O) groups excluding carboxylic acids is 2. The van der Waals surface area contributed by atoms with Gasteiger partial charge in [-0.1, -0.05) is 58.0 Å². The highest BCUT2D eigenvalue weighted by molar-refractivity contribution is 6.47. The molecule has 0 bridgehead atoms. The second-order valence-electron chi connectivity index (χ2n) is 15.8. The fourth-order valence-electron chi connectivity index (χ4n) is 5.41. The van der Waals surface area contributed by atoms with Crippen LogP contribution in [0.5, 0.6) is 0 Å². The predicted octanol–water partition coefficient (Wildman–Crippen LogP) is 9.78. The molecule has 0 aromatic carbocycles. The van der Waals surface area contributed by atoms with E-state index in [-0.39, 0.29) is 68.2 Å². The van der Waals surface area contributed by atoms with E-state index in [9.17, 15) is 35.9 Å². The molecule has 2 fully saturated rings. The number of hydrogen-bond donors (Lipinski definition) is 1. The van der Waals surface area contributed by atoms with Crippen molar-refractivity contribution in [2.45, 2.75) is 64.6 Å². The summed E-state index contributed by atoms with van der Waals surface area (Å²) in [6, 6.07) is 5.26. The molecule has 6 heterocycles. The molecule has 25 heteroatoms. The zero-order valence-corrected chi connectivity index (χ0v) is 38.2. The molecule has 344 valence electrons. The van der Waals surface area contributed by atoms with Crippen LogP contribution >= 0.6 is 58.0 Å². The van der Waals surface area contributed by atoms with Gasteiger partial charge in [0.15, 0.2) is 32.9 Å². The maximum Gasteiger partial charge on any atom is 0.410 e. The summed E-state index contributed by atoms with van der Waals surface area (Å²) < 4.78 is 92.4. The van der Waals surface area contributed by atoms with Gasteiger partial charge in [0.1, 0.15) is 21.2 Å². The number of ether oxygens (including phenoxy) is 2. The molecule has 0 atom stereocenters. The minimum Gasteiger partial charge on any atom is -0.444 e. The molecule has 0 aliphatic carbocycles. The molecule has 0 unspecified atom stereocenters. The number of rotatable bonds is 3. The number of amides is 2. The smallest absolute Gasteiger partial charge is 0.410 e. The Balaban J connectivity index is 0.000000229. The van der Waals surface area contributed by atoms with Crippen LogP contribution in [0.3, 0.4) is 0 Å². The van der Waals surface area contributed by atoms with Gasteiger partial charge in [0, 0.05) is 61.8 Å². The third-order valence-electron chi connectivity index (χ3n) is 7.98. The van der Waals surface area contributed by atoms with Crippen molar-refractivity contribution >= 4 is 76.0 Å². The molecule has 2 saturated heterocycles. The summed E-state index contributed by atoms with van der Waals surface area (Å²) in [6.45, 7) is 8.05. The number of nitrogens with one attached hydrogen (secondary N) is 1. The normalized spacial score (nSPS) is 16.4. The number of hydrogen-bond acceptors (Lipinski definition) is 12. The van der Waals surface area contributed by atoms with Crippen molar-refractivity contribution in [2.24, 2.45) is 0 Å². The van der Waals surface area contributed by atoms with E-state index in [2.05, 4.69) is 35.2 Å². The van der Waals surface area contributed by atoms with Crippen LogP contribution in [0.15, 0.2) is 36.7 Å². The van der Waals surface area contributed by atoms with Crippen LogP contribution in [0.1, 0.15) is 41.5 Å². The van der Waals surface area contributed by atoms with Crippen LogP contribution in [0.4, 0.5) is 41.7 Å². The monoisotopic (exact) mass is 990 g/mol. The van der Waals surface area contributed by atoms with E-state index in [0.717, 1.165) is 15.9 Å². The fraction of sp³-hybridized carbons (Fsp3) is 0.474. The lowest BCUT2D eigenvalue weighted by Gasteiger charge is -2.27. The Morgan fingerprint density at radius 3 is 1.57 bits per heavy atom. The Labute approximate surface area is 383 Å². The Bertz CT molecular complexity index is 2230. The Morgan fingerprint density at radius 2 is 1.10 bits per heavy atom. The number of halogens is 11. The lowest BCUT2D eigenvalue weighted by Crippen LogP contribution is -2.44. The second kappa shape index (κ2) is 21.2. The first-order valence-corrected chi connectivity index (χ1v) is 20.5. The number of nitrogens with zero attached hydrogens (tertiary/aromatic N) is 9. The van der Waals surface area contributed by atoms with E-state index in [0.29, 0.717) is 12.1 Å². The standard InChI is InChI=1S/C19H20Cl2F3N5O2.C10H18F2N2O2.C9H3Cl3FN3/c1-18(2,3)31-17(30)29-7-6-28(9-19(23,24)10-29)16-13(20)14(21)26-15(27-16)11-4-5-25-12(22)8-11;1-9(2,3)16-8(15)14-5-4-13-6-10(11,12)7-14;10-6-7(11)15-9(16-8(6)12)4-1-2-14-5(13)3-4/h4-5,8H,6-7,9-10H2,1-3H3;13H,4-7H2,1-3H3;1-3H. The summed E-state index contributed by atoms with van der Waals surface area (Å²) in [5, 5.41) is 2.41. The number of pyridine rings is 2. The minimum absolute atomic E-state index is 0.00209. The summed E-state index contributed by atoms with van der Waals surface area (Å²) >= 11 is 29.5. The van der Waals surface area contributed by atoms with Crippen molar-refractivity contribution in [3.05, 3.63) is 74.1 Å². The first-order valence-electron chi connectivity index (χ1n) is 18.6. The summed E-state index contributed by atoms with van der Waals surface area (Å²) in [4.78, 5) is 50.0. The van der Waals surface area contributed by atoms with Crippen molar-refractivity contribution in [1.82, 2.24) is 45.0 Å². The molecule has 63 heavy (non-hydrogen) atoms. The first kappa shape index (κ1) is 51.4. The molecule has 2 amide bonds. The van der Waals surface area contributed by atoms with E-state index in [4.69, 9.17) is 67.5 Å². The summed E-state index contributed by atoms with van der Waals surface area (Å²) in [7, 11) is 0. The van der Waals surface area contributed by atoms with Gasteiger partial charge in [-0.05, 0) is 53.7 Å². The lowest BCUT2D eigenvalue weighted by atomic mass is 10.2. The van der Waals surface area contributed by atoms with Gasteiger partial charge >= 0.3 is 12.2 Å². The molecule has 0 spiro atoms. The van der Waals surface area contributed by atoms with Crippen molar-refractivity contribution in [3.63, 3.8) is 0 Å². The molecule has 2 aliphatic rings. The Hall–Kier alpha value is -4.21. The fourth-order valence-corrected chi connectivity index (χ4v) is 6.25. The molecule has 6 rings (SSSR count). The highest BCUT2D eigenvalue weighted by atomic mass is 35.5. The number of aromatic nitrogens is 6. The van der Waals surface area contributed by atoms with Gasteiger partial charge in [0.05, 0.1) is 26.2 Å². The third-order valence-corrected chi connectivity index (χ3v) is 9.80. The van der Waals surface area contributed by atoms with Gasteiger partial charge in [-0.15, -0.1) is 0 Å². The van der Waals surface area contributed by atoms with Gasteiger partial charge in [-0.3, -0.25) is 0 Å². The lowest BCUT2D eigenvalue weighted by molar-refractivity contribution is -0.0305. The molecule has 0 radical (unpaired) electrons. The van der Waals surface area contributed by atoms with Crippen LogP contribution < -0.4 is 10.2 Å². The number of carbonyl (C=O) groups is 2. The summed E-state index contributed by atoms with van der Waals surface area (Å²) in [5.74, 6) is -7.42. The SMILES string of the molecule is CC(C)(C)OC(=O)N1CCN(c2nc(-c3ccnc(F)c3)nc(Cl)c2Cl)CC(F)(F)C1.CC(C)(C)OC(=O)N1CCNCC(F)(F)C1.Fc1cc(-c2nc(Cl)c(Cl)c(Cl)n2)ccn1. The number of anilines is 1. The molecular formula is C38H41Cl5F6N10O4. The van der Waals surface area contributed by atoms with E-state index in [1.165, 1.54) is 29.4 Å². The van der Waals surface area contributed by atoms with Crippen LogP contribution in [0.2, 0.25) is 25.5 Å². The molecule has 0 saturated carbocycles. The van der Waals surface area contributed by atoms with Crippen LogP contribution in [0, 0.1) is 11.9 Å². The summed E-state index contributed by atoms with van der Waals surface area (Å²) in [6.07, 6.45) is 0.990. The quantitative estimate of drug-likeness (QED) is 0.118. The predicted molar refractivity (Wildman–Crippen MR) is 226 cm³/mol. The Kier molecular flexibility index (Phi) is 17.3. The largest absolute Gasteiger partial charge is 0.444 e. The van der Waals surface area contributed by atoms with Crippen LogP contribution in [-0.4, -0.2) is 127 Å². The number of alkyl halides is 4. The van der Waals surface area contributed by atoms with Gasteiger partial charge in [0.25, 0.3) is 11.8 Å². The highest BCUT2D eigenvalue weighted by Crippen LogP contribution is 2.35. The van der Waals surface area contributed by atoms with E-state index in [1.54, 1.807) is 47.6 Å². The molecule has 2 aliphatic heterocycles. The second-order valence-corrected chi connectivity index (χ2v) is 17.6. The van der Waals surface area contributed by atoms with Gasteiger partial charge in [-0.25, -0.2) is 57.1 Å². The van der Waals surface area contributed by atoms with Gasteiger partial charge < -0.3 is 29.5 Å². The van der Waals surface area contributed by atoms with Crippen molar-refractivity contribution in [3.8, 4) is 22.8 Å². The zero-order valence-electron chi connectivity index (χ0n) is 34.4. The highest BCUT2D eigenvalue weighted by Gasteiger charge is 2.41. The topological polar surface area (TPSA) is 152 Å². The molecule has 4 aromatic rings. The molecular weight excluding hydrogens is 952 g/mol. The third kappa shape index (κ3) is 16.1. The van der Waals surface area contributed by atoms with Crippen LogP contribution in [-0.2, 0) is 9.47 Å². The molecule has 4 aromatic heterocycles. The van der Waals surface area contributed by atoms with Crippen molar-refractivity contribution in [2.75, 3.05) is 57.3 Å². The maximum atomic E-state index is 14.7. The van der Waals surface area contributed by atoms with Crippen molar-refractivity contribution < 1.29 is 45.4 Å². The average molecular weight is 993 g/mol. The minimum atomic E-state index is -3.28. The van der Waals surface area contributed by atoms with Crippen molar-refractivity contribution in [1.29, 1.82) is 0 Å². The zero-order chi connectivity index (χ0) is 47.1. The summed E-state index contributed by atoms with van der Waals surface area (Å²) in [5.41, 5.74) is -0.805. The van der Waals surface area contributed by atoms with E-state index < -0.39 is 73.3 Å². The Morgan fingerprint density at radius 1 is 0.651 bits per heavy atom. The molecule has 14 nitrogen and oxygen atoms in total. The van der Waals surface area contributed by atoms with Crippen LogP contribution in [0.25, 0.3) is 22.8 Å². The maximum absolute atomic E-state index is 14.7. The van der Waals surface area contributed by atoms with E-state index in [1.807, 2.05) is 0 Å². The first-order chi connectivity index (χ1) is 29.1. The average Bonchev–Trinajstić information content (AvgIpc) is 3.45. The molecule has 1 N–H and O–H groups in total. The van der Waals surface area contributed by atoms with Gasteiger partial charge in [-0.2, -0.15) is 8.78 Å².